The summed E-state index contributed by atoms with van der Waals surface area (Å²) < 4.78 is 6.19. The lowest BCUT2D eigenvalue weighted by atomic mass is 9.95. The number of aryl methyl sites for hydroxylation is 1. The first-order valence-corrected chi connectivity index (χ1v) is 7.83. The first-order valence-electron chi connectivity index (χ1n) is 7.07. The highest BCUT2D eigenvalue weighted by Crippen LogP contribution is 2.40. The van der Waals surface area contributed by atoms with Crippen LogP contribution in [-0.2, 0) is 6.42 Å². The third-order valence-electron chi connectivity index (χ3n) is 3.77. The zero-order valence-corrected chi connectivity index (χ0v) is 13.3. The van der Waals surface area contributed by atoms with E-state index in [0.717, 1.165) is 36.3 Å². The number of likely N-dealkylation sites (N-methyl/N-ethyl adjacent to an activating group) is 1. The molecule has 3 rings (SSSR count). The van der Waals surface area contributed by atoms with Crippen LogP contribution in [0.3, 0.4) is 0 Å². The van der Waals surface area contributed by atoms with Crippen LogP contribution in [0.15, 0.2) is 36.4 Å². The number of benzene rings is 2. The zero-order valence-electron chi connectivity index (χ0n) is 11.8. The van der Waals surface area contributed by atoms with Gasteiger partial charge in [0.25, 0.3) is 0 Å². The summed E-state index contributed by atoms with van der Waals surface area (Å²) in [6.07, 6.45) is 2.27. The Hall–Kier alpha value is -1.22. The molecule has 0 aliphatic carbocycles. The monoisotopic (exact) mass is 321 g/mol. The fraction of sp³-hybridized carbons (Fsp3) is 0.294. The van der Waals surface area contributed by atoms with Crippen molar-refractivity contribution in [3.63, 3.8) is 0 Å². The molecule has 4 heteroatoms. The van der Waals surface area contributed by atoms with E-state index in [-0.39, 0.29) is 6.10 Å². The van der Waals surface area contributed by atoms with Crippen LogP contribution in [0.4, 0.5) is 0 Å². The molecule has 2 aromatic carbocycles. The lowest BCUT2D eigenvalue weighted by Gasteiger charge is -2.28. The predicted octanol–water partition coefficient (Wildman–Crippen LogP) is 4.57. The van der Waals surface area contributed by atoms with Crippen molar-refractivity contribution in [1.82, 2.24) is 5.32 Å². The van der Waals surface area contributed by atoms with Gasteiger partial charge < -0.3 is 10.1 Å². The maximum absolute atomic E-state index is 6.35. The van der Waals surface area contributed by atoms with E-state index in [1.54, 1.807) is 6.07 Å². The molecule has 0 radical (unpaired) electrons. The van der Waals surface area contributed by atoms with Crippen LogP contribution in [0.5, 0.6) is 5.75 Å². The predicted molar refractivity (Wildman–Crippen MR) is 88.6 cm³/mol. The summed E-state index contributed by atoms with van der Waals surface area (Å²) in [6.45, 7) is 0.849. The van der Waals surface area contributed by atoms with E-state index in [0.29, 0.717) is 10.0 Å². The third-order valence-corrected chi connectivity index (χ3v) is 4.32. The van der Waals surface area contributed by atoms with Crippen LogP contribution < -0.4 is 10.1 Å². The molecule has 0 saturated carbocycles. The maximum atomic E-state index is 6.35. The Bertz CT molecular complexity index is 657. The van der Waals surface area contributed by atoms with Gasteiger partial charge in [0.2, 0.25) is 0 Å². The van der Waals surface area contributed by atoms with Crippen molar-refractivity contribution in [2.45, 2.75) is 18.9 Å². The molecule has 0 bridgehead atoms. The van der Waals surface area contributed by atoms with Gasteiger partial charge in [0.1, 0.15) is 11.9 Å². The molecule has 0 fully saturated rings. The van der Waals surface area contributed by atoms with Gasteiger partial charge in [0.05, 0.1) is 5.02 Å². The molecular formula is C17H17Cl2NO. The molecule has 0 spiro atoms. The molecule has 21 heavy (non-hydrogen) atoms. The van der Waals surface area contributed by atoms with Gasteiger partial charge in [-0.2, -0.15) is 0 Å². The molecule has 0 amide bonds. The topological polar surface area (TPSA) is 21.3 Å². The molecule has 0 aromatic heterocycles. The number of halogens is 2. The van der Waals surface area contributed by atoms with Crippen molar-refractivity contribution in [1.29, 1.82) is 0 Å². The van der Waals surface area contributed by atoms with Crippen molar-refractivity contribution >= 4 is 23.2 Å². The van der Waals surface area contributed by atoms with E-state index in [4.69, 9.17) is 27.9 Å². The van der Waals surface area contributed by atoms with E-state index < -0.39 is 0 Å². The van der Waals surface area contributed by atoms with Gasteiger partial charge in [-0.25, -0.2) is 0 Å². The summed E-state index contributed by atoms with van der Waals surface area (Å²) >= 11 is 12.3. The smallest absolute Gasteiger partial charge is 0.130 e. The van der Waals surface area contributed by atoms with E-state index in [9.17, 15) is 0 Å². The minimum absolute atomic E-state index is 0.203. The van der Waals surface area contributed by atoms with Gasteiger partial charge in [0.15, 0.2) is 0 Å². The maximum Gasteiger partial charge on any atom is 0.130 e. The Morgan fingerprint density at radius 2 is 2.05 bits per heavy atom. The highest BCUT2D eigenvalue weighted by molar-refractivity contribution is 6.36. The molecule has 2 nitrogen and oxygen atoms in total. The summed E-state index contributed by atoms with van der Waals surface area (Å²) in [6, 6.07) is 11.8. The molecule has 2 aromatic rings. The number of hydrogen-bond acceptors (Lipinski definition) is 2. The van der Waals surface area contributed by atoms with E-state index in [1.807, 2.05) is 19.2 Å². The average molecular weight is 322 g/mol. The van der Waals surface area contributed by atoms with Gasteiger partial charge >= 0.3 is 0 Å². The molecule has 1 atom stereocenters. The Morgan fingerprint density at radius 3 is 2.81 bits per heavy atom. The molecule has 110 valence electrons. The van der Waals surface area contributed by atoms with Crippen molar-refractivity contribution < 1.29 is 4.74 Å². The Kier molecular flexibility index (Phi) is 4.39. The van der Waals surface area contributed by atoms with Crippen LogP contribution in [0.25, 0.3) is 11.1 Å². The number of rotatable bonds is 3. The summed E-state index contributed by atoms with van der Waals surface area (Å²) in [5, 5.41) is 4.47. The first kappa shape index (κ1) is 14.7. The average Bonchev–Trinajstić information content (AvgIpc) is 2.47. The largest absolute Gasteiger partial charge is 0.488 e. The molecule has 1 N–H and O–H groups in total. The zero-order chi connectivity index (χ0) is 14.8. The van der Waals surface area contributed by atoms with E-state index >= 15 is 0 Å². The minimum Gasteiger partial charge on any atom is -0.488 e. The second-order valence-electron chi connectivity index (χ2n) is 5.25. The van der Waals surface area contributed by atoms with Crippen molar-refractivity contribution in [3.05, 3.63) is 52.0 Å². The van der Waals surface area contributed by atoms with Gasteiger partial charge in [-0.1, -0.05) is 47.5 Å². The van der Waals surface area contributed by atoms with Crippen molar-refractivity contribution in [2.75, 3.05) is 13.6 Å². The van der Waals surface area contributed by atoms with Crippen molar-refractivity contribution in [2.24, 2.45) is 0 Å². The Balaban J connectivity index is 2.04. The number of hydrogen-bond donors (Lipinski definition) is 1. The number of ether oxygens (including phenoxy) is 1. The molecule has 1 aliphatic rings. The quantitative estimate of drug-likeness (QED) is 0.893. The first-order chi connectivity index (χ1) is 10.2. The molecule has 1 heterocycles. The SMILES string of the molecule is CNC[C@H]1CCc2cccc(-c3ccc(Cl)cc3Cl)c2O1. The molecular weight excluding hydrogens is 305 g/mol. The second kappa shape index (κ2) is 6.27. The second-order valence-corrected chi connectivity index (χ2v) is 6.10. The van der Waals surface area contributed by atoms with Crippen molar-refractivity contribution in [3.8, 4) is 16.9 Å². The van der Waals surface area contributed by atoms with Crippen LogP contribution in [0.1, 0.15) is 12.0 Å². The lowest BCUT2D eigenvalue weighted by molar-refractivity contribution is 0.174. The number of para-hydroxylation sites is 1. The standard InChI is InChI=1S/C17H17Cl2NO/c1-20-10-13-7-5-11-3-2-4-15(17(11)21-13)14-8-6-12(18)9-16(14)19/h2-4,6,8-9,13,20H,5,7,10H2,1H3/t13-/m1/s1. The normalized spacial score (nSPS) is 17.2. The van der Waals surface area contributed by atoms with Crippen LogP contribution in [-0.4, -0.2) is 19.7 Å². The highest BCUT2D eigenvalue weighted by Gasteiger charge is 2.22. The van der Waals surface area contributed by atoms with Gasteiger partial charge in [-0.15, -0.1) is 0 Å². The Morgan fingerprint density at radius 1 is 1.19 bits per heavy atom. The van der Waals surface area contributed by atoms with Gasteiger partial charge in [-0.3, -0.25) is 0 Å². The lowest BCUT2D eigenvalue weighted by Crippen LogP contribution is -2.32. The van der Waals surface area contributed by atoms with Gasteiger partial charge in [-0.05, 0) is 37.6 Å². The van der Waals surface area contributed by atoms with Gasteiger partial charge in [0, 0.05) is 22.7 Å². The fourth-order valence-corrected chi connectivity index (χ4v) is 3.26. The van der Waals surface area contributed by atoms with E-state index in [1.165, 1.54) is 5.56 Å². The molecule has 0 saturated heterocycles. The van der Waals surface area contributed by atoms with E-state index in [2.05, 4.69) is 23.5 Å². The summed E-state index contributed by atoms with van der Waals surface area (Å²) in [5.74, 6) is 0.952. The third kappa shape index (κ3) is 3.03. The van der Waals surface area contributed by atoms with Crippen LogP contribution in [0.2, 0.25) is 10.0 Å². The molecule has 0 unspecified atom stereocenters. The summed E-state index contributed by atoms with van der Waals surface area (Å²) in [5.41, 5.74) is 3.24. The number of fused-ring (bicyclic) bond motifs is 1. The number of nitrogens with one attached hydrogen (secondary N) is 1. The van der Waals surface area contributed by atoms with Crippen LogP contribution >= 0.6 is 23.2 Å². The Labute approximate surface area is 135 Å². The minimum atomic E-state index is 0.203. The summed E-state index contributed by atoms with van der Waals surface area (Å²) in [7, 11) is 1.95. The molecule has 1 aliphatic heterocycles. The van der Waals surface area contributed by atoms with Crippen LogP contribution in [0, 0.1) is 0 Å². The fourth-order valence-electron chi connectivity index (χ4n) is 2.75. The highest BCUT2D eigenvalue weighted by atomic mass is 35.5. The summed E-state index contributed by atoms with van der Waals surface area (Å²) in [4.78, 5) is 0.